The van der Waals surface area contributed by atoms with Crippen LogP contribution in [-0.4, -0.2) is 40.4 Å². The Morgan fingerprint density at radius 2 is 1.80 bits per heavy atom. The summed E-state index contributed by atoms with van der Waals surface area (Å²) in [4.78, 5) is 10.7. The summed E-state index contributed by atoms with van der Waals surface area (Å²) in [5.41, 5.74) is -0.399. The van der Waals surface area contributed by atoms with Gasteiger partial charge in [-0.05, 0) is 12.1 Å². The lowest BCUT2D eigenvalue weighted by Gasteiger charge is -2.12. The van der Waals surface area contributed by atoms with Gasteiger partial charge in [0.25, 0.3) is 0 Å². The number of nitrogens with one attached hydrogen (secondary N) is 1. The second-order valence-electron chi connectivity index (χ2n) is 4.07. The highest BCUT2D eigenvalue weighted by molar-refractivity contribution is 7.90. The van der Waals surface area contributed by atoms with Crippen LogP contribution in [0, 0.1) is 0 Å². The lowest BCUT2D eigenvalue weighted by Crippen LogP contribution is -2.23. The zero-order chi connectivity index (χ0) is 15.7. The molecule has 0 saturated heterocycles. The molecule has 0 unspecified atom stereocenters. The molecule has 10 heteroatoms. The molecule has 0 saturated carbocycles. The molecule has 2 N–H and O–H groups in total. The highest BCUT2D eigenvalue weighted by Gasteiger charge is 2.21. The minimum absolute atomic E-state index is 0.0977. The Bertz CT molecular complexity index is 754. The van der Waals surface area contributed by atoms with Gasteiger partial charge in [-0.15, -0.1) is 0 Å². The maximum absolute atomic E-state index is 11.6. The lowest BCUT2D eigenvalue weighted by atomic mass is 10.1. The predicted octanol–water partition coefficient (Wildman–Crippen LogP) is 0.491. The van der Waals surface area contributed by atoms with Crippen molar-refractivity contribution in [3.8, 4) is 0 Å². The molecule has 1 aromatic carbocycles. The Hall–Kier alpha value is -1.16. The van der Waals surface area contributed by atoms with Gasteiger partial charge in [-0.1, -0.05) is 11.6 Å². The van der Waals surface area contributed by atoms with Crippen molar-refractivity contribution < 1.29 is 26.7 Å². The molecule has 112 valence electrons. The monoisotopic (exact) mass is 341 g/mol. The highest BCUT2D eigenvalue weighted by atomic mass is 35.5. The van der Waals surface area contributed by atoms with Crippen LogP contribution in [0.3, 0.4) is 0 Å². The summed E-state index contributed by atoms with van der Waals surface area (Å²) in [5.74, 6) is -1.34. The number of hydrogen-bond acceptors (Lipinski definition) is 5. The molecule has 0 spiro atoms. The molecule has 0 aromatic heterocycles. The molecule has 0 bridgehead atoms. The molecular weight excluding hydrogens is 330 g/mol. The molecule has 0 fully saturated rings. The zero-order valence-electron chi connectivity index (χ0n) is 10.5. The van der Waals surface area contributed by atoms with Gasteiger partial charge in [0.2, 0.25) is 10.0 Å². The second-order valence-corrected chi connectivity index (χ2v) is 8.27. The number of carbonyl (C=O) groups is 1. The molecule has 0 aliphatic rings. The maximum Gasteiger partial charge on any atom is 0.337 e. The van der Waals surface area contributed by atoms with Crippen molar-refractivity contribution in [2.45, 2.75) is 11.4 Å². The highest BCUT2D eigenvalue weighted by Crippen LogP contribution is 2.28. The summed E-state index contributed by atoms with van der Waals surface area (Å²) in [6.07, 6.45) is 1.81. The number of sulfone groups is 1. The lowest BCUT2D eigenvalue weighted by molar-refractivity contribution is 0.0697. The van der Waals surface area contributed by atoms with Crippen LogP contribution < -0.4 is 4.72 Å². The van der Waals surface area contributed by atoms with Crippen molar-refractivity contribution in [3.63, 3.8) is 0 Å². The van der Waals surface area contributed by atoms with Gasteiger partial charge in [-0.2, -0.15) is 0 Å². The Morgan fingerprint density at radius 3 is 2.20 bits per heavy atom. The van der Waals surface area contributed by atoms with Crippen LogP contribution in [0.2, 0.25) is 5.02 Å². The fourth-order valence-corrected chi connectivity index (χ4v) is 3.20. The Morgan fingerprint density at radius 1 is 1.25 bits per heavy atom. The van der Waals surface area contributed by atoms with E-state index in [2.05, 4.69) is 4.72 Å². The Labute approximate surface area is 121 Å². The molecule has 0 aliphatic carbocycles. The van der Waals surface area contributed by atoms with Crippen LogP contribution >= 0.6 is 11.6 Å². The van der Waals surface area contributed by atoms with Gasteiger partial charge in [0.1, 0.15) is 0 Å². The summed E-state index contributed by atoms with van der Waals surface area (Å²) < 4.78 is 47.5. The summed E-state index contributed by atoms with van der Waals surface area (Å²) >= 11 is 5.86. The van der Waals surface area contributed by atoms with Crippen LogP contribution in [0.5, 0.6) is 0 Å². The van der Waals surface area contributed by atoms with Gasteiger partial charge in [0, 0.05) is 18.4 Å². The van der Waals surface area contributed by atoms with Crippen molar-refractivity contribution in [2.75, 3.05) is 12.5 Å². The number of carboxylic acids is 1. The summed E-state index contributed by atoms with van der Waals surface area (Å²) in [7, 11) is -7.26. The number of aromatic carboxylic acids is 1. The standard InChI is InChI=1S/C10H12ClNO6S2/c1-19(15,16)8-4-3-6(10(13)14)9(11)7(8)5-12-20(2,17)18/h3-4,12H,5H2,1-2H3,(H,13,14). The van der Waals surface area contributed by atoms with E-state index in [1.54, 1.807) is 0 Å². The molecule has 0 radical (unpaired) electrons. The minimum Gasteiger partial charge on any atom is -0.478 e. The first-order valence-corrected chi connectivity index (χ1v) is 9.29. The van der Waals surface area contributed by atoms with E-state index in [0.29, 0.717) is 0 Å². The normalized spacial score (nSPS) is 12.3. The summed E-state index contributed by atoms with van der Waals surface area (Å²) in [5, 5.41) is 8.63. The number of hydrogen-bond donors (Lipinski definition) is 2. The van der Waals surface area contributed by atoms with Crippen LogP contribution in [0.15, 0.2) is 17.0 Å². The van der Waals surface area contributed by atoms with Gasteiger partial charge in [-0.25, -0.2) is 26.4 Å². The molecule has 7 nitrogen and oxygen atoms in total. The molecule has 0 amide bonds. The van der Waals surface area contributed by atoms with Crippen molar-refractivity contribution >= 4 is 37.4 Å². The van der Waals surface area contributed by atoms with Gasteiger partial charge in [-0.3, -0.25) is 0 Å². The quantitative estimate of drug-likeness (QED) is 0.804. The van der Waals surface area contributed by atoms with E-state index >= 15 is 0 Å². The Balaban J connectivity index is 3.49. The molecule has 20 heavy (non-hydrogen) atoms. The van der Waals surface area contributed by atoms with E-state index in [0.717, 1.165) is 24.6 Å². The summed E-state index contributed by atoms with van der Waals surface area (Å²) in [6, 6.07) is 2.15. The number of rotatable bonds is 5. The SMILES string of the molecule is CS(=O)(=O)NCc1c(S(C)(=O)=O)ccc(C(=O)O)c1Cl. The molecule has 1 rings (SSSR count). The molecular formula is C10H12ClNO6S2. The second kappa shape index (κ2) is 5.68. The average Bonchev–Trinajstić information content (AvgIpc) is 2.23. The first-order valence-electron chi connectivity index (χ1n) is 5.13. The number of halogens is 1. The van der Waals surface area contributed by atoms with E-state index in [1.165, 1.54) is 0 Å². The van der Waals surface area contributed by atoms with Gasteiger partial charge < -0.3 is 5.11 Å². The van der Waals surface area contributed by atoms with Gasteiger partial charge >= 0.3 is 5.97 Å². The largest absolute Gasteiger partial charge is 0.478 e. The fourth-order valence-electron chi connectivity index (χ4n) is 1.48. The van der Waals surface area contributed by atoms with Gasteiger partial charge in [0.15, 0.2) is 9.84 Å². The molecule has 1 aromatic rings. The predicted molar refractivity (Wildman–Crippen MR) is 73.2 cm³/mol. The smallest absolute Gasteiger partial charge is 0.337 e. The van der Waals surface area contributed by atoms with Gasteiger partial charge in [0.05, 0.1) is 21.7 Å². The molecule has 0 atom stereocenters. The van der Waals surface area contributed by atoms with Crippen molar-refractivity contribution in [1.29, 1.82) is 0 Å². The third kappa shape index (κ3) is 4.17. The third-order valence-corrected chi connectivity index (χ3v) is 4.62. The first-order chi connectivity index (χ1) is 8.93. The fraction of sp³-hybridized carbons (Fsp3) is 0.300. The van der Waals surface area contributed by atoms with Crippen molar-refractivity contribution in [3.05, 3.63) is 28.3 Å². The van der Waals surface area contributed by atoms with E-state index < -0.39 is 32.4 Å². The van der Waals surface area contributed by atoms with Crippen LogP contribution in [0.25, 0.3) is 0 Å². The van der Waals surface area contributed by atoms with Crippen LogP contribution in [-0.2, 0) is 26.4 Å². The van der Waals surface area contributed by atoms with E-state index in [4.69, 9.17) is 16.7 Å². The topological polar surface area (TPSA) is 118 Å². The van der Waals surface area contributed by atoms with E-state index in [1.807, 2.05) is 0 Å². The number of sulfonamides is 1. The number of benzene rings is 1. The molecule has 0 heterocycles. The zero-order valence-corrected chi connectivity index (χ0v) is 12.9. The minimum atomic E-state index is -3.68. The van der Waals surface area contributed by atoms with Crippen molar-refractivity contribution in [1.82, 2.24) is 4.72 Å². The van der Waals surface area contributed by atoms with E-state index in [-0.39, 0.29) is 21.0 Å². The van der Waals surface area contributed by atoms with Crippen LogP contribution in [0.1, 0.15) is 15.9 Å². The Kier molecular flexibility index (Phi) is 4.80. The number of carboxylic acid groups (broad SMARTS) is 1. The first kappa shape index (κ1) is 16.9. The van der Waals surface area contributed by atoms with Crippen molar-refractivity contribution in [2.24, 2.45) is 0 Å². The summed E-state index contributed by atoms with van der Waals surface area (Å²) in [6.45, 7) is -0.415. The average molecular weight is 342 g/mol. The third-order valence-electron chi connectivity index (χ3n) is 2.34. The molecule has 0 aliphatic heterocycles. The van der Waals surface area contributed by atoms with E-state index in [9.17, 15) is 21.6 Å². The maximum atomic E-state index is 11.6. The van der Waals surface area contributed by atoms with Crippen LogP contribution in [0.4, 0.5) is 0 Å².